The lowest BCUT2D eigenvalue weighted by Crippen LogP contribution is -2.23. The minimum atomic E-state index is 0.204. The molecule has 0 fully saturated rings. The maximum Gasteiger partial charge on any atom is 0.0540 e. The van der Waals surface area contributed by atoms with E-state index in [2.05, 4.69) is 24.3 Å². The summed E-state index contributed by atoms with van der Waals surface area (Å²) in [5.41, 5.74) is 2.36. The standard InChI is InChI=1S/C11H21N3O/c1-4-6-12-11(5-7-15)10-8-13-14(3)9(10)2/h8,11-12,15H,4-7H2,1-3H3. The van der Waals surface area contributed by atoms with Crippen molar-refractivity contribution in [1.82, 2.24) is 15.1 Å². The predicted octanol–water partition coefficient (Wildman–Crippen LogP) is 1.15. The number of nitrogens with one attached hydrogen (secondary N) is 1. The van der Waals surface area contributed by atoms with Gasteiger partial charge in [0, 0.05) is 31.0 Å². The summed E-state index contributed by atoms with van der Waals surface area (Å²) in [5.74, 6) is 0. The first-order valence-corrected chi connectivity index (χ1v) is 5.53. The van der Waals surface area contributed by atoms with Crippen LogP contribution >= 0.6 is 0 Å². The van der Waals surface area contributed by atoms with Crippen molar-refractivity contribution < 1.29 is 5.11 Å². The van der Waals surface area contributed by atoms with Crippen LogP contribution in [0.15, 0.2) is 6.20 Å². The van der Waals surface area contributed by atoms with Gasteiger partial charge in [0.25, 0.3) is 0 Å². The van der Waals surface area contributed by atoms with E-state index < -0.39 is 0 Å². The number of nitrogens with zero attached hydrogens (tertiary/aromatic N) is 2. The number of hydrogen-bond donors (Lipinski definition) is 2. The number of aliphatic hydroxyl groups excluding tert-OH is 1. The Hall–Kier alpha value is -0.870. The quantitative estimate of drug-likeness (QED) is 0.742. The SMILES string of the molecule is CCCNC(CCO)c1cnn(C)c1C. The Balaban J connectivity index is 2.74. The van der Waals surface area contributed by atoms with Crippen molar-refractivity contribution in [1.29, 1.82) is 0 Å². The first kappa shape index (κ1) is 12.2. The van der Waals surface area contributed by atoms with Crippen LogP contribution in [-0.4, -0.2) is 28.0 Å². The van der Waals surface area contributed by atoms with Gasteiger partial charge in [0.1, 0.15) is 0 Å². The summed E-state index contributed by atoms with van der Waals surface area (Å²) >= 11 is 0. The van der Waals surface area contributed by atoms with Crippen LogP contribution in [0.3, 0.4) is 0 Å². The third-order valence-electron chi connectivity index (χ3n) is 2.71. The number of aliphatic hydroxyl groups is 1. The average molecular weight is 211 g/mol. The van der Waals surface area contributed by atoms with E-state index in [-0.39, 0.29) is 12.6 Å². The molecule has 0 bridgehead atoms. The maximum atomic E-state index is 9.03. The summed E-state index contributed by atoms with van der Waals surface area (Å²) < 4.78 is 1.87. The van der Waals surface area contributed by atoms with Crippen LogP contribution in [0.25, 0.3) is 0 Å². The smallest absolute Gasteiger partial charge is 0.0540 e. The van der Waals surface area contributed by atoms with Crippen molar-refractivity contribution in [2.45, 2.75) is 32.7 Å². The normalized spacial score (nSPS) is 13.1. The van der Waals surface area contributed by atoms with Crippen LogP contribution in [0.5, 0.6) is 0 Å². The van der Waals surface area contributed by atoms with E-state index in [0.717, 1.165) is 25.1 Å². The fourth-order valence-electron chi connectivity index (χ4n) is 1.67. The van der Waals surface area contributed by atoms with Crippen LogP contribution in [0, 0.1) is 6.92 Å². The van der Waals surface area contributed by atoms with Gasteiger partial charge in [-0.05, 0) is 26.3 Å². The molecule has 4 heteroatoms. The molecule has 1 aromatic rings. The van der Waals surface area contributed by atoms with Crippen molar-refractivity contribution in [3.05, 3.63) is 17.5 Å². The van der Waals surface area contributed by atoms with Gasteiger partial charge in [-0.2, -0.15) is 5.10 Å². The fraction of sp³-hybridized carbons (Fsp3) is 0.727. The van der Waals surface area contributed by atoms with Crippen LogP contribution < -0.4 is 5.32 Å². The van der Waals surface area contributed by atoms with E-state index in [1.165, 1.54) is 5.56 Å². The predicted molar refractivity (Wildman–Crippen MR) is 60.7 cm³/mol. The monoisotopic (exact) mass is 211 g/mol. The Morgan fingerprint density at radius 2 is 2.33 bits per heavy atom. The Morgan fingerprint density at radius 1 is 1.60 bits per heavy atom. The molecular weight excluding hydrogens is 190 g/mol. The minimum Gasteiger partial charge on any atom is -0.396 e. The largest absolute Gasteiger partial charge is 0.396 e. The van der Waals surface area contributed by atoms with Gasteiger partial charge in [-0.15, -0.1) is 0 Å². The van der Waals surface area contributed by atoms with Crippen LogP contribution in [-0.2, 0) is 7.05 Å². The molecule has 0 saturated heterocycles. The summed E-state index contributed by atoms with van der Waals surface area (Å²) in [6, 6.07) is 0.226. The molecular formula is C11H21N3O. The number of aromatic nitrogens is 2. The highest BCUT2D eigenvalue weighted by molar-refractivity contribution is 5.20. The number of aryl methyl sites for hydroxylation is 1. The molecule has 0 aliphatic rings. The van der Waals surface area contributed by atoms with E-state index >= 15 is 0 Å². The molecule has 2 N–H and O–H groups in total. The molecule has 4 nitrogen and oxygen atoms in total. The second-order valence-corrected chi connectivity index (χ2v) is 3.83. The van der Waals surface area contributed by atoms with Gasteiger partial charge in [0.05, 0.1) is 6.20 Å². The molecule has 0 spiro atoms. The molecule has 0 radical (unpaired) electrons. The fourth-order valence-corrected chi connectivity index (χ4v) is 1.67. The van der Waals surface area contributed by atoms with E-state index in [1.54, 1.807) is 0 Å². The van der Waals surface area contributed by atoms with Crippen molar-refractivity contribution in [2.24, 2.45) is 7.05 Å². The molecule has 0 aliphatic heterocycles. The van der Waals surface area contributed by atoms with E-state index in [0.29, 0.717) is 0 Å². The van der Waals surface area contributed by atoms with E-state index in [9.17, 15) is 0 Å². The van der Waals surface area contributed by atoms with Gasteiger partial charge in [0.2, 0.25) is 0 Å². The van der Waals surface area contributed by atoms with E-state index in [1.807, 2.05) is 17.9 Å². The number of hydrogen-bond acceptors (Lipinski definition) is 3. The highest BCUT2D eigenvalue weighted by Gasteiger charge is 2.15. The zero-order valence-corrected chi connectivity index (χ0v) is 9.82. The summed E-state index contributed by atoms with van der Waals surface area (Å²) in [7, 11) is 1.94. The van der Waals surface area contributed by atoms with Gasteiger partial charge in [-0.3, -0.25) is 4.68 Å². The lowest BCUT2D eigenvalue weighted by molar-refractivity contribution is 0.265. The molecule has 1 unspecified atom stereocenters. The Labute approximate surface area is 91.3 Å². The Bertz CT molecular complexity index is 296. The van der Waals surface area contributed by atoms with Gasteiger partial charge in [0.15, 0.2) is 0 Å². The minimum absolute atomic E-state index is 0.204. The van der Waals surface area contributed by atoms with Crippen molar-refractivity contribution in [2.75, 3.05) is 13.2 Å². The molecule has 0 aromatic carbocycles. The third kappa shape index (κ3) is 3.04. The van der Waals surface area contributed by atoms with Crippen molar-refractivity contribution >= 4 is 0 Å². The average Bonchev–Trinajstić information content (AvgIpc) is 2.55. The molecule has 0 aliphatic carbocycles. The van der Waals surface area contributed by atoms with Crippen molar-refractivity contribution in [3.8, 4) is 0 Å². The summed E-state index contributed by atoms with van der Waals surface area (Å²) in [5, 5.41) is 16.7. The summed E-state index contributed by atoms with van der Waals surface area (Å²) in [6.07, 6.45) is 3.73. The lowest BCUT2D eigenvalue weighted by Gasteiger charge is -2.17. The Morgan fingerprint density at radius 3 is 2.80 bits per heavy atom. The lowest BCUT2D eigenvalue weighted by atomic mass is 10.1. The molecule has 0 amide bonds. The molecule has 15 heavy (non-hydrogen) atoms. The van der Waals surface area contributed by atoms with Gasteiger partial charge >= 0.3 is 0 Å². The maximum absolute atomic E-state index is 9.03. The van der Waals surface area contributed by atoms with Crippen molar-refractivity contribution in [3.63, 3.8) is 0 Å². The molecule has 1 atom stereocenters. The summed E-state index contributed by atoms with van der Waals surface area (Å²) in [6.45, 7) is 5.37. The topological polar surface area (TPSA) is 50.1 Å². The highest BCUT2D eigenvalue weighted by Crippen LogP contribution is 2.19. The van der Waals surface area contributed by atoms with Crippen LogP contribution in [0.2, 0.25) is 0 Å². The first-order valence-electron chi connectivity index (χ1n) is 5.53. The Kier molecular flexibility index (Phi) is 4.78. The highest BCUT2D eigenvalue weighted by atomic mass is 16.3. The second kappa shape index (κ2) is 5.88. The molecule has 1 aromatic heterocycles. The third-order valence-corrected chi connectivity index (χ3v) is 2.71. The van der Waals surface area contributed by atoms with Crippen LogP contribution in [0.4, 0.5) is 0 Å². The summed E-state index contributed by atoms with van der Waals surface area (Å²) in [4.78, 5) is 0. The zero-order valence-electron chi connectivity index (χ0n) is 9.82. The van der Waals surface area contributed by atoms with Gasteiger partial charge < -0.3 is 10.4 Å². The number of rotatable bonds is 6. The first-order chi connectivity index (χ1) is 7.20. The molecule has 1 rings (SSSR count). The van der Waals surface area contributed by atoms with Gasteiger partial charge in [-0.1, -0.05) is 6.92 Å². The molecule has 1 heterocycles. The van der Waals surface area contributed by atoms with Crippen LogP contribution in [0.1, 0.15) is 37.1 Å². The van der Waals surface area contributed by atoms with E-state index in [4.69, 9.17) is 5.11 Å². The molecule has 86 valence electrons. The second-order valence-electron chi connectivity index (χ2n) is 3.83. The zero-order chi connectivity index (χ0) is 11.3. The van der Waals surface area contributed by atoms with Gasteiger partial charge in [-0.25, -0.2) is 0 Å². The molecule has 0 saturated carbocycles.